The van der Waals surface area contributed by atoms with Crippen molar-refractivity contribution >= 4 is 31.5 Å². The van der Waals surface area contributed by atoms with E-state index in [2.05, 4.69) is 0 Å². The lowest BCUT2D eigenvalue weighted by atomic mass is 10.0. The van der Waals surface area contributed by atoms with Crippen LogP contribution in [0.25, 0.3) is 0 Å². The Bertz CT molecular complexity index is 1210. The Balaban J connectivity index is 1.58. The van der Waals surface area contributed by atoms with Gasteiger partial charge in [-0.05, 0) is 61.6 Å². The predicted molar refractivity (Wildman–Crippen MR) is 124 cm³/mol. The highest BCUT2D eigenvalue weighted by Crippen LogP contribution is 2.32. The molecule has 1 fully saturated rings. The zero-order valence-corrected chi connectivity index (χ0v) is 19.7. The van der Waals surface area contributed by atoms with E-state index in [0.29, 0.717) is 37.2 Å². The lowest BCUT2D eigenvalue weighted by Crippen LogP contribution is -2.41. The number of para-hydroxylation sites is 1. The zero-order chi connectivity index (χ0) is 22.9. The van der Waals surface area contributed by atoms with Crippen molar-refractivity contribution in [3.63, 3.8) is 0 Å². The summed E-state index contributed by atoms with van der Waals surface area (Å²) in [7, 11) is -6.87. The fourth-order valence-corrected chi connectivity index (χ4v) is 7.80. The molecule has 172 valence electrons. The summed E-state index contributed by atoms with van der Waals surface area (Å²) in [5.41, 5.74) is 2.08. The monoisotopic (exact) mass is 476 g/mol. The van der Waals surface area contributed by atoms with Crippen LogP contribution in [-0.2, 0) is 26.3 Å². The Kier molecular flexibility index (Phi) is 6.31. The smallest absolute Gasteiger partial charge is 0.264 e. The van der Waals surface area contributed by atoms with E-state index in [1.807, 2.05) is 31.2 Å². The van der Waals surface area contributed by atoms with E-state index in [9.17, 15) is 21.6 Å². The average Bonchev–Trinajstić information content (AvgIpc) is 3.16. The van der Waals surface area contributed by atoms with Gasteiger partial charge in [-0.3, -0.25) is 9.10 Å². The Hall–Kier alpha value is -2.39. The zero-order valence-electron chi connectivity index (χ0n) is 18.1. The highest BCUT2D eigenvalue weighted by atomic mass is 32.2. The van der Waals surface area contributed by atoms with Crippen molar-refractivity contribution in [2.45, 2.75) is 43.5 Å². The molecule has 2 heterocycles. The standard InChI is InChI=1S/C23H28N2O5S2/c1-2-14-24(20-13-16-31(27,28)17-20)23(26)19-9-11-21(12-10-19)32(29,30)25-15-5-7-18-6-3-4-8-22(18)25/h3-4,6,8-12,20H,2,5,7,13-17H2,1H3. The molecule has 0 saturated carbocycles. The fraction of sp³-hybridized carbons (Fsp3) is 0.435. The van der Waals surface area contributed by atoms with Crippen LogP contribution in [0.1, 0.15) is 42.1 Å². The van der Waals surface area contributed by atoms with Crippen LogP contribution in [0.5, 0.6) is 0 Å². The van der Waals surface area contributed by atoms with Gasteiger partial charge in [-0.2, -0.15) is 0 Å². The molecule has 1 atom stereocenters. The molecular weight excluding hydrogens is 448 g/mol. The summed E-state index contributed by atoms with van der Waals surface area (Å²) >= 11 is 0. The minimum absolute atomic E-state index is 0.0143. The molecule has 0 radical (unpaired) electrons. The number of aryl methyl sites for hydroxylation is 1. The number of amides is 1. The maximum Gasteiger partial charge on any atom is 0.264 e. The predicted octanol–water partition coefficient (Wildman–Crippen LogP) is 2.87. The Morgan fingerprint density at radius 1 is 1.12 bits per heavy atom. The Labute approximate surface area is 190 Å². The van der Waals surface area contributed by atoms with Gasteiger partial charge in [0.1, 0.15) is 0 Å². The van der Waals surface area contributed by atoms with Crippen molar-refractivity contribution in [2.24, 2.45) is 0 Å². The van der Waals surface area contributed by atoms with Crippen LogP contribution >= 0.6 is 0 Å². The number of carbonyl (C=O) groups is 1. The second-order valence-corrected chi connectivity index (χ2v) is 12.5. The van der Waals surface area contributed by atoms with Crippen LogP contribution < -0.4 is 4.31 Å². The summed E-state index contributed by atoms with van der Waals surface area (Å²) in [5, 5.41) is 0. The number of hydrogen-bond donors (Lipinski definition) is 0. The molecule has 1 amide bonds. The molecule has 2 aliphatic heterocycles. The van der Waals surface area contributed by atoms with E-state index < -0.39 is 19.9 Å². The molecule has 7 nitrogen and oxygen atoms in total. The third-order valence-electron chi connectivity index (χ3n) is 6.13. The number of anilines is 1. The van der Waals surface area contributed by atoms with Crippen molar-refractivity contribution in [3.05, 3.63) is 59.7 Å². The number of fused-ring (bicyclic) bond motifs is 1. The van der Waals surface area contributed by atoms with Gasteiger partial charge in [-0.25, -0.2) is 16.8 Å². The SMILES string of the molecule is CCCN(C(=O)c1ccc(S(=O)(=O)N2CCCc3ccccc32)cc1)C1CCS(=O)(=O)C1. The summed E-state index contributed by atoms with van der Waals surface area (Å²) in [5.74, 6) is -0.180. The van der Waals surface area contributed by atoms with Gasteiger partial charge >= 0.3 is 0 Å². The topological polar surface area (TPSA) is 91.8 Å². The minimum atomic E-state index is -3.75. The molecule has 2 aromatic rings. The van der Waals surface area contributed by atoms with Crippen molar-refractivity contribution in [1.82, 2.24) is 4.90 Å². The minimum Gasteiger partial charge on any atom is -0.335 e. The second-order valence-electron chi connectivity index (χ2n) is 8.39. The molecule has 0 spiro atoms. The van der Waals surface area contributed by atoms with Crippen LogP contribution in [-0.4, -0.2) is 58.3 Å². The highest BCUT2D eigenvalue weighted by Gasteiger charge is 2.35. The van der Waals surface area contributed by atoms with E-state index in [4.69, 9.17) is 0 Å². The molecule has 4 rings (SSSR count). The molecule has 0 aliphatic carbocycles. The first kappa shape index (κ1) is 22.8. The summed E-state index contributed by atoms with van der Waals surface area (Å²) in [4.78, 5) is 14.9. The van der Waals surface area contributed by atoms with E-state index >= 15 is 0 Å². The van der Waals surface area contributed by atoms with Crippen LogP contribution in [0, 0.1) is 0 Å². The summed E-state index contributed by atoms with van der Waals surface area (Å²) < 4.78 is 51.8. The third-order valence-corrected chi connectivity index (χ3v) is 9.71. The second kappa shape index (κ2) is 8.86. The Morgan fingerprint density at radius 3 is 2.50 bits per heavy atom. The van der Waals surface area contributed by atoms with E-state index in [1.165, 1.54) is 28.6 Å². The molecular formula is C23H28N2O5S2. The highest BCUT2D eigenvalue weighted by molar-refractivity contribution is 7.93. The molecule has 1 unspecified atom stereocenters. The number of sulfone groups is 1. The van der Waals surface area contributed by atoms with Crippen LogP contribution in [0.15, 0.2) is 53.4 Å². The summed E-state index contributed by atoms with van der Waals surface area (Å²) in [6, 6.07) is 13.2. The van der Waals surface area contributed by atoms with Gasteiger partial charge in [-0.1, -0.05) is 25.1 Å². The average molecular weight is 477 g/mol. The molecule has 9 heteroatoms. The Morgan fingerprint density at radius 2 is 1.84 bits per heavy atom. The molecule has 0 N–H and O–H groups in total. The van der Waals surface area contributed by atoms with Gasteiger partial charge in [0.15, 0.2) is 9.84 Å². The normalized spacial score (nSPS) is 20.0. The van der Waals surface area contributed by atoms with Gasteiger partial charge in [0.25, 0.3) is 15.9 Å². The van der Waals surface area contributed by atoms with Crippen molar-refractivity contribution in [2.75, 3.05) is 28.9 Å². The molecule has 0 aromatic heterocycles. The lowest BCUT2D eigenvalue weighted by molar-refractivity contribution is 0.0697. The van der Waals surface area contributed by atoms with Gasteiger partial charge in [0.2, 0.25) is 0 Å². The number of hydrogen-bond acceptors (Lipinski definition) is 5. The first-order chi connectivity index (χ1) is 15.2. The van der Waals surface area contributed by atoms with Crippen LogP contribution in [0.3, 0.4) is 0 Å². The molecule has 2 aliphatic rings. The van der Waals surface area contributed by atoms with Gasteiger partial charge in [-0.15, -0.1) is 0 Å². The van der Waals surface area contributed by atoms with E-state index in [0.717, 1.165) is 18.4 Å². The van der Waals surface area contributed by atoms with Crippen molar-refractivity contribution < 1.29 is 21.6 Å². The third kappa shape index (κ3) is 4.41. The fourth-order valence-electron chi connectivity index (χ4n) is 4.52. The van der Waals surface area contributed by atoms with Crippen molar-refractivity contribution in [3.8, 4) is 0 Å². The number of rotatable bonds is 6. The molecule has 1 saturated heterocycles. The maximum absolute atomic E-state index is 13.3. The maximum atomic E-state index is 13.3. The van der Waals surface area contributed by atoms with Gasteiger partial charge in [0, 0.05) is 24.7 Å². The number of nitrogens with zero attached hydrogens (tertiary/aromatic N) is 2. The molecule has 0 bridgehead atoms. The molecule has 32 heavy (non-hydrogen) atoms. The largest absolute Gasteiger partial charge is 0.335 e. The number of carbonyl (C=O) groups excluding carboxylic acids is 1. The van der Waals surface area contributed by atoms with E-state index in [1.54, 1.807) is 4.90 Å². The lowest BCUT2D eigenvalue weighted by Gasteiger charge is -2.30. The quantitative estimate of drug-likeness (QED) is 0.639. The van der Waals surface area contributed by atoms with Gasteiger partial charge < -0.3 is 4.90 Å². The van der Waals surface area contributed by atoms with Crippen molar-refractivity contribution in [1.29, 1.82) is 0 Å². The summed E-state index contributed by atoms with van der Waals surface area (Å²) in [6.07, 6.45) is 2.75. The van der Waals surface area contributed by atoms with Gasteiger partial charge in [0.05, 0.1) is 22.1 Å². The van der Waals surface area contributed by atoms with Crippen LogP contribution in [0.4, 0.5) is 5.69 Å². The number of sulfonamides is 1. The van der Waals surface area contributed by atoms with E-state index in [-0.39, 0.29) is 28.4 Å². The first-order valence-corrected chi connectivity index (χ1v) is 14.2. The van der Waals surface area contributed by atoms with Crippen LogP contribution in [0.2, 0.25) is 0 Å². The number of benzene rings is 2. The summed E-state index contributed by atoms with van der Waals surface area (Å²) in [6.45, 7) is 2.82. The first-order valence-electron chi connectivity index (χ1n) is 10.9. The molecule has 2 aromatic carbocycles.